The van der Waals surface area contributed by atoms with Gasteiger partial charge in [0.15, 0.2) is 0 Å². The number of hydrogen-bond donors (Lipinski definition) is 1. The summed E-state index contributed by atoms with van der Waals surface area (Å²) in [6.07, 6.45) is 0. The van der Waals surface area contributed by atoms with E-state index < -0.39 is 15.9 Å². The van der Waals surface area contributed by atoms with Crippen LogP contribution in [0.4, 0.5) is 0 Å². The molecule has 1 aromatic heterocycles. The van der Waals surface area contributed by atoms with Crippen molar-refractivity contribution in [2.45, 2.75) is 11.3 Å². The molecular weight excluding hydrogens is 267 g/mol. The average molecular weight is 276 g/mol. The number of primary sulfonamides is 1. The Kier molecular flexibility index (Phi) is 5.99. The normalized spacial score (nSPS) is 12.3. The van der Waals surface area contributed by atoms with Gasteiger partial charge in [0, 0.05) is 14.0 Å². The number of carbonyl (C=O) groups is 1. The Morgan fingerprint density at radius 1 is 1.60 bits per heavy atom. The molecule has 0 atom stereocenters. The maximum absolute atomic E-state index is 10.9. The van der Waals surface area contributed by atoms with E-state index in [9.17, 15) is 13.2 Å². The number of amides is 1. The molecule has 1 amide bonds. The number of nitrogens with two attached hydrogens (primary N) is 1. The van der Waals surface area contributed by atoms with Crippen LogP contribution in [0.3, 0.4) is 0 Å². The molecule has 0 saturated carbocycles. The fourth-order valence-electron chi connectivity index (χ4n) is 0.675. The third kappa shape index (κ3) is 4.52. The van der Waals surface area contributed by atoms with E-state index in [1.807, 2.05) is 0 Å². The van der Waals surface area contributed by atoms with E-state index in [1.165, 1.54) is 18.7 Å². The first kappa shape index (κ1) is 15.6. The molecule has 15 heavy (non-hydrogen) atoms. The van der Waals surface area contributed by atoms with Gasteiger partial charge in [0.1, 0.15) is 0 Å². The van der Waals surface area contributed by atoms with Gasteiger partial charge in [-0.3, -0.25) is 4.79 Å². The van der Waals surface area contributed by atoms with Gasteiger partial charge in [-0.25, -0.2) is 18.2 Å². The van der Waals surface area contributed by atoms with Gasteiger partial charge < -0.3 is 0 Å². The van der Waals surface area contributed by atoms with Crippen LogP contribution in [-0.4, -0.2) is 75.5 Å². The van der Waals surface area contributed by atoms with Crippen molar-refractivity contribution in [3.05, 3.63) is 4.80 Å². The fraction of sp³-hybridized carbons (Fsp3) is 0.400. The van der Waals surface area contributed by atoms with Crippen molar-refractivity contribution in [1.82, 2.24) is 9.78 Å². The van der Waals surface area contributed by atoms with Gasteiger partial charge in [0.25, 0.3) is 10.0 Å². The zero-order valence-electron chi connectivity index (χ0n) is 7.46. The minimum atomic E-state index is -3.83. The second-order valence-electron chi connectivity index (χ2n) is 2.45. The number of aromatic nitrogens is 2. The summed E-state index contributed by atoms with van der Waals surface area (Å²) in [4.78, 5) is 14.4. The van der Waals surface area contributed by atoms with Crippen LogP contribution in [0.5, 0.6) is 0 Å². The molecule has 0 aliphatic rings. The molecule has 1 heterocycles. The Balaban J connectivity index is 0.00000196. The SMILES string of the molecule is CC(=O)/N=c1\sc(S(N)(=O)=O)nn1C.[KH]. The minimum absolute atomic E-state index is 0. The second kappa shape index (κ2) is 5.77. The molecule has 1 rings (SSSR count). The first-order valence-corrected chi connectivity index (χ1v) is 5.79. The third-order valence-corrected chi connectivity index (χ3v) is 3.49. The van der Waals surface area contributed by atoms with Crippen LogP contribution in [0.1, 0.15) is 6.92 Å². The molecule has 0 aromatic carbocycles. The molecule has 0 aliphatic carbocycles. The molecule has 2 N–H and O–H groups in total. The first-order chi connectivity index (χ1) is 6.30. The van der Waals surface area contributed by atoms with Gasteiger partial charge in [0.2, 0.25) is 15.0 Å². The number of carbonyl (C=O) groups excluding carboxylic acids is 1. The van der Waals surface area contributed by atoms with Gasteiger partial charge in [-0.1, -0.05) is 11.3 Å². The van der Waals surface area contributed by atoms with Gasteiger partial charge in [-0.05, 0) is 0 Å². The Hall–Kier alpha value is 0.576. The molecule has 0 saturated heterocycles. The van der Waals surface area contributed by atoms with E-state index in [0.29, 0.717) is 0 Å². The molecule has 0 spiro atoms. The Labute approximate surface area is 133 Å². The zero-order valence-corrected chi connectivity index (χ0v) is 9.09. The van der Waals surface area contributed by atoms with Crippen LogP contribution in [0, 0.1) is 0 Å². The number of nitrogens with zero attached hydrogens (tertiary/aromatic N) is 3. The zero-order chi connectivity index (χ0) is 10.9. The van der Waals surface area contributed by atoms with Crippen molar-refractivity contribution >= 4 is 78.7 Å². The van der Waals surface area contributed by atoms with Crippen LogP contribution < -0.4 is 9.94 Å². The molecule has 10 heteroatoms. The second-order valence-corrected chi connectivity index (χ2v) is 5.14. The number of rotatable bonds is 1. The van der Waals surface area contributed by atoms with Crippen LogP contribution in [0.25, 0.3) is 0 Å². The van der Waals surface area contributed by atoms with Crippen LogP contribution >= 0.6 is 11.3 Å². The Morgan fingerprint density at radius 2 is 2.13 bits per heavy atom. The fourth-order valence-corrected chi connectivity index (χ4v) is 2.27. The summed E-state index contributed by atoms with van der Waals surface area (Å²) in [5.74, 6) is -0.426. The summed E-state index contributed by atoms with van der Waals surface area (Å²) in [7, 11) is -2.35. The quantitative estimate of drug-likeness (QED) is 0.594. The van der Waals surface area contributed by atoms with Gasteiger partial charge in [-0.2, -0.15) is 4.99 Å². The molecule has 0 bridgehead atoms. The topological polar surface area (TPSA) is 107 Å². The number of hydrogen-bond acceptors (Lipinski definition) is 5. The molecular formula is C5H9KN4O3S2. The predicted octanol–water partition coefficient (Wildman–Crippen LogP) is -2.07. The van der Waals surface area contributed by atoms with Crippen molar-refractivity contribution in [2.24, 2.45) is 17.2 Å². The molecule has 0 fully saturated rings. The average Bonchev–Trinajstić information content (AvgIpc) is 2.30. The summed E-state index contributed by atoms with van der Waals surface area (Å²) >= 11 is 0.746. The predicted molar refractivity (Wildman–Crippen MR) is 55.9 cm³/mol. The van der Waals surface area contributed by atoms with Crippen LogP contribution in [-0.2, 0) is 21.9 Å². The molecule has 80 valence electrons. The van der Waals surface area contributed by atoms with E-state index in [-0.39, 0.29) is 60.5 Å². The van der Waals surface area contributed by atoms with Gasteiger partial charge in [0.05, 0.1) is 0 Å². The monoisotopic (exact) mass is 276 g/mol. The Bertz CT molecular complexity index is 529. The number of aryl methyl sites for hydroxylation is 1. The van der Waals surface area contributed by atoms with E-state index >= 15 is 0 Å². The van der Waals surface area contributed by atoms with Crippen LogP contribution in [0.2, 0.25) is 0 Å². The van der Waals surface area contributed by atoms with Crippen molar-refractivity contribution in [3.63, 3.8) is 0 Å². The van der Waals surface area contributed by atoms with E-state index in [0.717, 1.165) is 11.3 Å². The first-order valence-electron chi connectivity index (χ1n) is 3.43. The molecule has 0 unspecified atom stereocenters. The molecule has 0 radical (unpaired) electrons. The summed E-state index contributed by atoms with van der Waals surface area (Å²) < 4.78 is 22.7. The summed E-state index contributed by atoms with van der Waals surface area (Å²) in [6, 6.07) is 0. The summed E-state index contributed by atoms with van der Waals surface area (Å²) in [5, 5.41) is 8.46. The van der Waals surface area contributed by atoms with Gasteiger partial charge >= 0.3 is 51.4 Å². The van der Waals surface area contributed by atoms with E-state index in [4.69, 9.17) is 5.14 Å². The van der Waals surface area contributed by atoms with Crippen molar-refractivity contribution in [1.29, 1.82) is 0 Å². The standard InChI is InChI=1S/C5H8N4O3S2.K.H/c1-3(10)7-4-9(2)8-5(13-4)14(6,11)12;;/h1-2H3,(H2,6,11,12);;/b7-4-;;. The van der Waals surface area contributed by atoms with Crippen LogP contribution in [0.15, 0.2) is 9.33 Å². The van der Waals surface area contributed by atoms with Crippen molar-refractivity contribution in [2.75, 3.05) is 0 Å². The maximum atomic E-state index is 10.9. The molecule has 1 aromatic rings. The molecule has 7 nitrogen and oxygen atoms in total. The number of sulfonamides is 1. The van der Waals surface area contributed by atoms with Crippen molar-refractivity contribution in [3.8, 4) is 0 Å². The van der Waals surface area contributed by atoms with E-state index in [2.05, 4.69) is 10.1 Å². The van der Waals surface area contributed by atoms with Crippen molar-refractivity contribution < 1.29 is 13.2 Å². The Morgan fingerprint density at radius 3 is 2.47 bits per heavy atom. The third-order valence-electron chi connectivity index (χ3n) is 1.18. The summed E-state index contributed by atoms with van der Waals surface area (Å²) in [6.45, 7) is 1.26. The van der Waals surface area contributed by atoms with Gasteiger partial charge in [-0.15, -0.1) is 5.10 Å². The van der Waals surface area contributed by atoms with E-state index in [1.54, 1.807) is 0 Å². The summed E-state index contributed by atoms with van der Waals surface area (Å²) in [5.41, 5.74) is 0. The molecule has 0 aliphatic heterocycles.